The van der Waals surface area contributed by atoms with Gasteiger partial charge in [0.1, 0.15) is 0 Å². The molecule has 3 rings (SSSR count). The standard InChI is InChI=1S/C20H22N2O7S/c1-28-17-7-6-16(13-18(17)29-2)30(26,27)22-10-8-21(9-11-22)19(23)14-4-3-5-15(12-14)20(24)25/h3-7,12-13H,8-11H2,1-2H3,(H,24,25)/p-1. The first-order valence-corrected chi connectivity index (χ1v) is 10.5. The molecule has 2 aromatic rings. The summed E-state index contributed by atoms with van der Waals surface area (Å²) in [5.41, 5.74) is 0.128. The number of piperazine rings is 1. The second kappa shape index (κ2) is 8.72. The summed E-state index contributed by atoms with van der Waals surface area (Å²) in [7, 11) is -0.890. The molecule has 160 valence electrons. The van der Waals surface area contributed by atoms with Crippen LogP contribution in [0.5, 0.6) is 11.5 Å². The van der Waals surface area contributed by atoms with Gasteiger partial charge in [0, 0.05) is 37.8 Å². The Labute approximate surface area is 174 Å². The summed E-state index contributed by atoms with van der Waals surface area (Å²) in [6.07, 6.45) is 0. The molecule has 30 heavy (non-hydrogen) atoms. The first kappa shape index (κ1) is 21.6. The van der Waals surface area contributed by atoms with Crippen molar-refractivity contribution >= 4 is 21.9 Å². The molecular weight excluding hydrogens is 412 g/mol. The van der Waals surface area contributed by atoms with Crippen molar-refractivity contribution in [2.24, 2.45) is 0 Å². The Hall–Kier alpha value is -3.11. The van der Waals surface area contributed by atoms with E-state index in [1.54, 1.807) is 0 Å². The summed E-state index contributed by atoms with van der Waals surface area (Å²) in [6, 6.07) is 9.95. The van der Waals surface area contributed by atoms with Gasteiger partial charge in [0.2, 0.25) is 10.0 Å². The van der Waals surface area contributed by atoms with Crippen molar-refractivity contribution in [1.82, 2.24) is 9.21 Å². The fourth-order valence-electron chi connectivity index (χ4n) is 3.22. The highest BCUT2D eigenvalue weighted by Crippen LogP contribution is 2.31. The number of hydrogen-bond donors (Lipinski definition) is 0. The summed E-state index contributed by atoms with van der Waals surface area (Å²) in [6.45, 7) is 0.590. The average molecular weight is 433 g/mol. The van der Waals surface area contributed by atoms with Crippen molar-refractivity contribution in [3.05, 3.63) is 53.6 Å². The fraction of sp³-hybridized carbons (Fsp3) is 0.300. The Morgan fingerprint density at radius 3 is 2.13 bits per heavy atom. The van der Waals surface area contributed by atoms with E-state index in [1.165, 1.54) is 65.9 Å². The number of aromatic carboxylic acids is 1. The van der Waals surface area contributed by atoms with Crippen LogP contribution in [0.15, 0.2) is 47.4 Å². The third-order valence-electron chi connectivity index (χ3n) is 4.86. The Morgan fingerprint density at radius 2 is 1.53 bits per heavy atom. The van der Waals surface area contributed by atoms with Gasteiger partial charge in [-0.2, -0.15) is 4.31 Å². The van der Waals surface area contributed by atoms with Crippen LogP contribution in [0.25, 0.3) is 0 Å². The van der Waals surface area contributed by atoms with E-state index in [0.717, 1.165) is 0 Å². The topological polar surface area (TPSA) is 116 Å². The summed E-state index contributed by atoms with van der Waals surface area (Å²) in [5.74, 6) is -0.998. The molecule has 1 amide bonds. The lowest BCUT2D eigenvalue weighted by Gasteiger charge is -2.34. The van der Waals surface area contributed by atoms with Gasteiger partial charge in [-0.05, 0) is 29.8 Å². The van der Waals surface area contributed by atoms with Crippen LogP contribution in [-0.4, -0.2) is 69.9 Å². The molecule has 0 bridgehead atoms. The van der Waals surface area contributed by atoms with E-state index in [9.17, 15) is 23.1 Å². The summed E-state index contributed by atoms with van der Waals surface area (Å²) in [4.78, 5) is 25.2. The molecule has 0 atom stereocenters. The van der Waals surface area contributed by atoms with Crippen LogP contribution in [0.2, 0.25) is 0 Å². The lowest BCUT2D eigenvalue weighted by molar-refractivity contribution is -0.255. The molecule has 1 aliphatic heterocycles. The van der Waals surface area contributed by atoms with Gasteiger partial charge in [0.15, 0.2) is 11.5 Å². The molecule has 0 radical (unpaired) electrons. The molecular formula is C20H21N2O7S-. The van der Waals surface area contributed by atoms with Crippen LogP contribution in [0, 0.1) is 0 Å². The lowest BCUT2D eigenvalue weighted by Crippen LogP contribution is -2.50. The molecule has 1 heterocycles. The number of carbonyl (C=O) groups is 2. The van der Waals surface area contributed by atoms with E-state index < -0.39 is 16.0 Å². The number of carboxylic acid groups (broad SMARTS) is 1. The molecule has 1 saturated heterocycles. The number of rotatable bonds is 6. The van der Waals surface area contributed by atoms with Gasteiger partial charge in [0.25, 0.3) is 5.91 Å². The predicted molar refractivity (Wildman–Crippen MR) is 105 cm³/mol. The van der Waals surface area contributed by atoms with Gasteiger partial charge in [-0.25, -0.2) is 8.42 Å². The monoisotopic (exact) mass is 433 g/mol. The number of ether oxygens (including phenoxy) is 2. The minimum atomic E-state index is -3.78. The zero-order valence-corrected chi connectivity index (χ0v) is 17.3. The van der Waals surface area contributed by atoms with Gasteiger partial charge in [-0.15, -0.1) is 0 Å². The smallest absolute Gasteiger partial charge is 0.253 e. The maximum Gasteiger partial charge on any atom is 0.253 e. The average Bonchev–Trinajstić information content (AvgIpc) is 2.78. The number of sulfonamides is 1. The first-order chi connectivity index (χ1) is 14.3. The van der Waals surface area contributed by atoms with Crippen LogP contribution in [0.1, 0.15) is 20.7 Å². The van der Waals surface area contributed by atoms with Crippen LogP contribution in [0.4, 0.5) is 0 Å². The Kier molecular flexibility index (Phi) is 6.28. The maximum atomic E-state index is 13.0. The molecule has 0 N–H and O–H groups in total. The molecule has 0 aromatic heterocycles. The minimum Gasteiger partial charge on any atom is -0.545 e. The number of carboxylic acids is 1. The SMILES string of the molecule is COc1ccc(S(=O)(=O)N2CCN(C(=O)c3cccc(C(=O)[O-])c3)CC2)cc1OC. The summed E-state index contributed by atoms with van der Waals surface area (Å²) in [5, 5.41) is 11.0. The normalized spacial score (nSPS) is 14.9. The molecule has 0 saturated carbocycles. The van der Waals surface area contributed by atoms with E-state index in [4.69, 9.17) is 9.47 Å². The van der Waals surface area contributed by atoms with Crippen LogP contribution in [0.3, 0.4) is 0 Å². The summed E-state index contributed by atoms with van der Waals surface area (Å²) < 4.78 is 37.6. The van der Waals surface area contributed by atoms with E-state index in [2.05, 4.69) is 0 Å². The van der Waals surface area contributed by atoms with Crippen LogP contribution >= 0.6 is 0 Å². The number of hydrogen-bond acceptors (Lipinski definition) is 7. The van der Waals surface area contributed by atoms with Gasteiger partial charge in [0.05, 0.1) is 25.1 Å². The van der Waals surface area contributed by atoms with Crippen molar-refractivity contribution in [3.63, 3.8) is 0 Å². The van der Waals surface area contributed by atoms with E-state index in [1.807, 2.05) is 0 Å². The minimum absolute atomic E-state index is 0.0709. The number of carbonyl (C=O) groups excluding carboxylic acids is 2. The van der Waals surface area contributed by atoms with Crippen molar-refractivity contribution in [2.75, 3.05) is 40.4 Å². The number of benzene rings is 2. The second-order valence-corrected chi connectivity index (χ2v) is 8.52. The van der Waals surface area contributed by atoms with Crippen molar-refractivity contribution in [1.29, 1.82) is 0 Å². The Morgan fingerprint density at radius 1 is 0.900 bits per heavy atom. The molecule has 1 fully saturated rings. The number of amides is 1. The van der Waals surface area contributed by atoms with E-state index in [-0.39, 0.29) is 48.1 Å². The van der Waals surface area contributed by atoms with E-state index in [0.29, 0.717) is 11.5 Å². The lowest BCUT2D eigenvalue weighted by atomic mass is 10.1. The summed E-state index contributed by atoms with van der Waals surface area (Å²) >= 11 is 0. The molecule has 10 heteroatoms. The van der Waals surface area contributed by atoms with E-state index >= 15 is 0 Å². The molecule has 9 nitrogen and oxygen atoms in total. The van der Waals surface area contributed by atoms with Crippen molar-refractivity contribution in [3.8, 4) is 11.5 Å². The number of methoxy groups -OCH3 is 2. The first-order valence-electron chi connectivity index (χ1n) is 9.11. The molecule has 0 aliphatic carbocycles. The number of nitrogens with zero attached hydrogens (tertiary/aromatic N) is 2. The van der Waals surface area contributed by atoms with Gasteiger partial charge in [-0.1, -0.05) is 12.1 Å². The third-order valence-corrected chi connectivity index (χ3v) is 6.76. The highest BCUT2D eigenvalue weighted by atomic mass is 32.2. The fourth-order valence-corrected chi connectivity index (χ4v) is 4.66. The maximum absolute atomic E-state index is 13.0. The predicted octanol–water partition coefficient (Wildman–Crippen LogP) is 0.214. The van der Waals surface area contributed by atoms with Crippen LogP contribution < -0.4 is 14.6 Å². The molecule has 0 unspecified atom stereocenters. The highest BCUT2D eigenvalue weighted by Gasteiger charge is 2.31. The van der Waals surface area contributed by atoms with Crippen molar-refractivity contribution in [2.45, 2.75) is 4.90 Å². The van der Waals surface area contributed by atoms with Gasteiger partial charge in [-0.3, -0.25) is 4.79 Å². The Balaban J connectivity index is 1.72. The second-order valence-electron chi connectivity index (χ2n) is 6.58. The molecule has 2 aromatic carbocycles. The van der Waals surface area contributed by atoms with Gasteiger partial charge < -0.3 is 24.3 Å². The zero-order valence-electron chi connectivity index (χ0n) is 16.5. The van der Waals surface area contributed by atoms with Crippen LogP contribution in [-0.2, 0) is 10.0 Å². The molecule has 1 aliphatic rings. The quantitative estimate of drug-likeness (QED) is 0.639. The van der Waals surface area contributed by atoms with Gasteiger partial charge >= 0.3 is 0 Å². The molecule has 0 spiro atoms. The zero-order chi connectivity index (χ0) is 21.9. The largest absolute Gasteiger partial charge is 0.545 e. The van der Waals surface area contributed by atoms with Crippen molar-refractivity contribution < 1.29 is 32.6 Å². The highest BCUT2D eigenvalue weighted by molar-refractivity contribution is 7.89. The Bertz CT molecular complexity index is 1060. The third kappa shape index (κ3) is 4.24.